The van der Waals surface area contributed by atoms with Gasteiger partial charge < -0.3 is 14.6 Å². The van der Waals surface area contributed by atoms with Crippen molar-refractivity contribution in [2.45, 2.75) is 32.8 Å². The summed E-state index contributed by atoms with van der Waals surface area (Å²) in [5.41, 5.74) is 0.288. The van der Waals surface area contributed by atoms with Crippen LogP contribution in [0.2, 0.25) is 0 Å². The molecule has 2 bridgehead atoms. The van der Waals surface area contributed by atoms with Crippen LogP contribution < -0.4 is 0 Å². The zero-order valence-corrected chi connectivity index (χ0v) is 13.4. The van der Waals surface area contributed by atoms with Crippen molar-refractivity contribution in [1.29, 1.82) is 0 Å². The SMILES string of the molecule is CCOC(=O)C[C@H]1C[C@@H](O)[C@@H]2C=CC(C(=O)OCC)=C[C@H]1C2=O. The van der Waals surface area contributed by atoms with Crippen LogP contribution in [0, 0.1) is 17.8 Å². The van der Waals surface area contributed by atoms with E-state index in [1.54, 1.807) is 26.0 Å². The van der Waals surface area contributed by atoms with Crippen LogP contribution in [0.15, 0.2) is 23.8 Å². The Bertz CT molecular complexity index is 547. The van der Waals surface area contributed by atoms with Crippen molar-refractivity contribution in [3.8, 4) is 0 Å². The van der Waals surface area contributed by atoms with Gasteiger partial charge >= 0.3 is 11.9 Å². The van der Waals surface area contributed by atoms with Crippen molar-refractivity contribution in [3.05, 3.63) is 23.8 Å². The molecule has 0 heterocycles. The van der Waals surface area contributed by atoms with Gasteiger partial charge in [0.2, 0.25) is 0 Å². The molecule has 6 heteroatoms. The van der Waals surface area contributed by atoms with E-state index < -0.39 is 29.9 Å². The average molecular weight is 322 g/mol. The van der Waals surface area contributed by atoms with E-state index in [-0.39, 0.29) is 36.9 Å². The second-order valence-corrected chi connectivity index (χ2v) is 5.73. The van der Waals surface area contributed by atoms with Crippen LogP contribution in [0.25, 0.3) is 0 Å². The molecule has 1 N–H and O–H groups in total. The Kier molecular flexibility index (Phi) is 5.71. The van der Waals surface area contributed by atoms with E-state index in [9.17, 15) is 19.5 Å². The van der Waals surface area contributed by atoms with Gasteiger partial charge in [0.1, 0.15) is 5.78 Å². The normalized spacial score (nSPS) is 29.5. The van der Waals surface area contributed by atoms with Crippen LogP contribution in [0.4, 0.5) is 0 Å². The third kappa shape index (κ3) is 3.88. The fraction of sp³-hybridized carbons (Fsp3) is 0.588. The van der Waals surface area contributed by atoms with Crippen LogP contribution in [-0.4, -0.2) is 42.1 Å². The van der Waals surface area contributed by atoms with Crippen LogP contribution >= 0.6 is 0 Å². The maximum Gasteiger partial charge on any atom is 0.337 e. The molecule has 0 aliphatic heterocycles. The highest BCUT2D eigenvalue weighted by Gasteiger charge is 2.43. The molecule has 0 amide bonds. The molecule has 2 rings (SSSR count). The molecule has 0 unspecified atom stereocenters. The molecular weight excluding hydrogens is 300 g/mol. The maximum absolute atomic E-state index is 12.6. The van der Waals surface area contributed by atoms with Crippen LogP contribution in [0.1, 0.15) is 26.7 Å². The summed E-state index contributed by atoms with van der Waals surface area (Å²) in [5.74, 6) is -2.71. The van der Waals surface area contributed by atoms with E-state index in [1.807, 2.05) is 0 Å². The number of Topliss-reactive ketones (excluding diaryl/α,β-unsaturated/α-hetero) is 1. The van der Waals surface area contributed by atoms with Gasteiger partial charge in [-0.15, -0.1) is 0 Å². The standard InChI is InChI=1S/C17H22O6/c1-3-22-15(19)9-11-8-14(18)12-6-5-10(17(21)23-4-2)7-13(11)16(12)20/h5-7,11-14,18H,3-4,8-9H2,1-2H3/t11-,12+,13-,14-/m1/s1. The van der Waals surface area contributed by atoms with Crippen molar-refractivity contribution in [3.63, 3.8) is 0 Å². The van der Waals surface area contributed by atoms with Gasteiger partial charge in [0.25, 0.3) is 0 Å². The van der Waals surface area contributed by atoms with E-state index in [0.717, 1.165) is 0 Å². The van der Waals surface area contributed by atoms with E-state index in [4.69, 9.17) is 9.47 Å². The molecule has 2 aliphatic carbocycles. The first-order valence-electron chi connectivity index (χ1n) is 7.92. The summed E-state index contributed by atoms with van der Waals surface area (Å²) in [6, 6.07) is 0. The number of allylic oxidation sites excluding steroid dienone is 1. The van der Waals surface area contributed by atoms with Gasteiger partial charge in [-0.3, -0.25) is 9.59 Å². The Morgan fingerprint density at radius 1 is 1.22 bits per heavy atom. The van der Waals surface area contributed by atoms with E-state index in [2.05, 4.69) is 0 Å². The summed E-state index contributed by atoms with van der Waals surface area (Å²) in [5, 5.41) is 10.2. The predicted octanol–water partition coefficient (Wildman–Crippen LogP) is 1.18. The molecule has 1 fully saturated rings. The minimum atomic E-state index is -0.857. The molecule has 0 aromatic heterocycles. The summed E-state index contributed by atoms with van der Waals surface area (Å²) >= 11 is 0. The van der Waals surface area contributed by atoms with E-state index >= 15 is 0 Å². The second-order valence-electron chi connectivity index (χ2n) is 5.73. The quantitative estimate of drug-likeness (QED) is 0.765. The number of hydrogen-bond donors (Lipinski definition) is 1. The van der Waals surface area contributed by atoms with Crippen molar-refractivity contribution in [2.75, 3.05) is 13.2 Å². The van der Waals surface area contributed by atoms with Crippen LogP contribution in [0.3, 0.4) is 0 Å². The second kappa shape index (κ2) is 7.55. The topological polar surface area (TPSA) is 89.9 Å². The van der Waals surface area contributed by atoms with E-state index in [0.29, 0.717) is 6.42 Å². The smallest absolute Gasteiger partial charge is 0.337 e. The minimum Gasteiger partial charge on any atom is -0.466 e. The first kappa shape index (κ1) is 17.4. The minimum absolute atomic E-state index is 0.0423. The van der Waals surface area contributed by atoms with Gasteiger partial charge in [0.15, 0.2) is 0 Å². The highest BCUT2D eigenvalue weighted by atomic mass is 16.5. The van der Waals surface area contributed by atoms with Gasteiger partial charge in [-0.2, -0.15) is 0 Å². The Morgan fingerprint density at radius 2 is 1.91 bits per heavy atom. The summed E-state index contributed by atoms with van der Waals surface area (Å²) in [6.45, 7) is 3.92. The molecule has 23 heavy (non-hydrogen) atoms. The van der Waals surface area contributed by atoms with Gasteiger partial charge in [-0.05, 0) is 26.2 Å². The summed E-state index contributed by atoms with van der Waals surface area (Å²) in [6.07, 6.45) is 4.14. The third-order valence-corrected chi connectivity index (χ3v) is 4.21. The maximum atomic E-state index is 12.6. The monoisotopic (exact) mass is 322 g/mol. The van der Waals surface area contributed by atoms with Crippen LogP contribution in [0.5, 0.6) is 0 Å². The number of ether oxygens (including phenoxy) is 2. The number of rotatable bonds is 5. The lowest BCUT2D eigenvalue weighted by Crippen LogP contribution is -2.42. The molecule has 0 saturated heterocycles. The Balaban J connectivity index is 2.27. The molecule has 0 radical (unpaired) electrons. The molecule has 0 aromatic carbocycles. The molecule has 0 spiro atoms. The van der Waals surface area contributed by atoms with Gasteiger partial charge in [0, 0.05) is 12.3 Å². The fourth-order valence-electron chi connectivity index (χ4n) is 3.14. The highest BCUT2D eigenvalue weighted by molar-refractivity contribution is 5.96. The van der Waals surface area contributed by atoms with Gasteiger partial charge in [-0.1, -0.05) is 18.2 Å². The van der Waals surface area contributed by atoms with Crippen molar-refractivity contribution >= 4 is 17.7 Å². The number of fused-ring (bicyclic) bond motifs is 2. The highest BCUT2D eigenvalue weighted by Crippen LogP contribution is 2.38. The molecule has 2 aliphatic rings. The zero-order chi connectivity index (χ0) is 17.0. The predicted molar refractivity (Wildman–Crippen MR) is 81.2 cm³/mol. The number of ketones is 1. The fourth-order valence-corrected chi connectivity index (χ4v) is 3.14. The lowest BCUT2D eigenvalue weighted by atomic mass is 9.70. The molecular formula is C17H22O6. The zero-order valence-electron chi connectivity index (χ0n) is 13.4. The first-order chi connectivity index (χ1) is 11.0. The lowest BCUT2D eigenvalue weighted by Gasteiger charge is -2.34. The lowest BCUT2D eigenvalue weighted by molar-refractivity contribution is -0.146. The van der Waals surface area contributed by atoms with Crippen molar-refractivity contribution in [1.82, 2.24) is 0 Å². The number of esters is 2. The Hall–Kier alpha value is -1.95. The molecule has 126 valence electrons. The van der Waals surface area contributed by atoms with Gasteiger partial charge in [-0.25, -0.2) is 4.79 Å². The van der Waals surface area contributed by atoms with Crippen LogP contribution in [-0.2, 0) is 23.9 Å². The molecule has 1 saturated carbocycles. The summed E-state index contributed by atoms with van der Waals surface area (Å²) in [4.78, 5) is 36.3. The van der Waals surface area contributed by atoms with E-state index in [1.165, 1.54) is 6.08 Å². The number of aliphatic hydroxyl groups is 1. The van der Waals surface area contributed by atoms with Gasteiger partial charge in [0.05, 0.1) is 30.8 Å². The Morgan fingerprint density at radius 3 is 2.57 bits per heavy atom. The third-order valence-electron chi connectivity index (χ3n) is 4.21. The molecule has 4 atom stereocenters. The number of carbonyl (C=O) groups excluding carboxylic acids is 3. The summed E-state index contributed by atoms with van der Waals surface area (Å²) < 4.78 is 9.92. The number of aliphatic hydroxyl groups excluding tert-OH is 1. The summed E-state index contributed by atoms with van der Waals surface area (Å²) in [7, 11) is 0. The average Bonchev–Trinajstić information content (AvgIpc) is 2.61. The molecule has 6 nitrogen and oxygen atoms in total. The first-order valence-corrected chi connectivity index (χ1v) is 7.92. The van der Waals surface area contributed by atoms with Crippen molar-refractivity contribution < 1.29 is 29.0 Å². The Labute approximate surface area is 135 Å². The largest absolute Gasteiger partial charge is 0.466 e. The van der Waals surface area contributed by atoms with Crippen molar-refractivity contribution in [2.24, 2.45) is 17.8 Å². The molecule has 0 aromatic rings. The number of carbonyl (C=O) groups is 3. The number of hydrogen-bond acceptors (Lipinski definition) is 6.